The molecule has 2 aromatic rings. The Bertz CT molecular complexity index is 530. The number of methoxy groups -OCH3 is 1. The van der Waals surface area contributed by atoms with Crippen molar-refractivity contribution in [1.29, 1.82) is 0 Å². The Morgan fingerprint density at radius 2 is 2.06 bits per heavy atom. The molecular weight excluding hydrogens is 234 g/mol. The maximum absolute atomic E-state index is 11.2. The minimum absolute atomic E-state index is 0.161. The van der Waals surface area contributed by atoms with Crippen molar-refractivity contribution in [2.75, 3.05) is 12.8 Å². The summed E-state index contributed by atoms with van der Waals surface area (Å²) in [4.78, 5) is 11.2. The molecule has 0 bridgehead atoms. The van der Waals surface area contributed by atoms with Crippen molar-refractivity contribution in [3.05, 3.63) is 47.9 Å². The van der Waals surface area contributed by atoms with Gasteiger partial charge in [0, 0.05) is 11.3 Å². The monoisotopic (exact) mass is 247 g/mol. The number of nitrogens with two attached hydrogens (primary N) is 1. The van der Waals surface area contributed by atoms with Gasteiger partial charge in [-0.05, 0) is 30.3 Å². The highest BCUT2D eigenvalue weighted by Gasteiger charge is 2.11. The molecule has 0 spiro atoms. The number of anilines is 1. The Hall–Kier alpha value is -2.43. The molecule has 1 heterocycles. The maximum Gasteiger partial charge on any atom is 0.373 e. The highest BCUT2D eigenvalue weighted by atomic mass is 16.5. The third kappa shape index (κ3) is 2.82. The smallest absolute Gasteiger partial charge is 0.373 e. The molecule has 1 aromatic carbocycles. The van der Waals surface area contributed by atoms with Gasteiger partial charge in [-0.15, -0.1) is 0 Å². The molecule has 18 heavy (non-hydrogen) atoms. The summed E-state index contributed by atoms with van der Waals surface area (Å²) in [6.07, 6.45) is 1.46. The molecule has 94 valence electrons. The third-order valence-electron chi connectivity index (χ3n) is 2.33. The average Bonchev–Trinajstić information content (AvgIpc) is 2.86. The number of hydrogen-bond acceptors (Lipinski definition) is 5. The van der Waals surface area contributed by atoms with Crippen molar-refractivity contribution in [1.82, 2.24) is 0 Å². The number of rotatable bonds is 4. The van der Waals surface area contributed by atoms with Crippen LogP contribution < -0.4 is 10.5 Å². The van der Waals surface area contributed by atoms with E-state index < -0.39 is 5.97 Å². The number of hydrogen-bond donors (Lipinski definition) is 1. The lowest BCUT2D eigenvalue weighted by atomic mass is 10.3. The molecule has 0 aliphatic rings. The van der Waals surface area contributed by atoms with Gasteiger partial charge in [0.1, 0.15) is 12.4 Å². The Labute approximate surface area is 104 Å². The molecule has 0 aliphatic heterocycles. The van der Waals surface area contributed by atoms with Crippen molar-refractivity contribution < 1.29 is 18.7 Å². The van der Waals surface area contributed by atoms with E-state index in [0.29, 0.717) is 18.0 Å². The molecule has 0 saturated carbocycles. The van der Waals surface area contributed by atoms with E-state index in [0.717, 1.165) is 5.56 Å². The zero-order valence-electron chi connectivity index (χ0n) is 9.88. The summed E-state index contributed by atoms with van der Waals surface area (Å²) < 4.78 is 15.1. The van der Waals surface area contributed by atoms with Crippen LogP contribution in [0, 0.1) is 0 Å². The van der Waals surface area contributed by atoms with Crippen LogP contribution in [0.2, 0.25) is 0 Å². The summed E-state index contributed by atoms with van der Waals surface area (Å²) in [6.45, 7) is 0.310. The minimum atomic E-state index is -0.506. The van der Waals surface area contributed by atoms with Crippen LogP contribution >= 0.6 is 0 Å². The normalized spacial score (nSPS) is 10.1. The number of nitrogen functional groups attached to an aromatic ring is 1. The van der Waals surface area contributed by atoms with Crippen molar-refractivity contribution in [2.24, 2.45) is 0 Å². The zero-order chi connectivity index (χ0) is 13.0. The standard InChI is InChI=1S/C13H13NO4/c1-16-13(15)12-6-9(8-18-12)7-17-11-4-2-10(14)3-5-11/h2-6,8H,7,14H2,1H3. The molecule has 1 aromatic heterocycles. The van der Waals surface area contributed by atoms with Crippen LogP contribution in [0.1, 0.15) is 16.1 Å². The first-order chi connectivity index (χ1) is 8.69. The van der Waals surface area contributed by atoms with Gasteiger partial charge in [-0.3, -0.25) is 0 Å². The molecule has 0 atom stereocenters. The SMILES string of the molecule is COC(=O)c1cc(COc2ccc(N)cc2)co1. The second-order valence-corrected chi connectivity index (χ2v) is 3.67. The Morgan fingerprint density at radius 1 is 1.33 bits per heavy atom. The predicted octanol–water partition coefficient (Wildman–Crippen LogP) is 2.23. The number of benzene rings is 1. The van der Waals surface area contributed by atoms with Crippen LogP contribution in [0.4, 0.5) is 5.69 Å². The van der Waals surface area contributed by atoms with E-state index in [4.69, 9.17) is 14.9 Å². The Morgan fingerprint density at radius 3 is 2.72 bits per heavy atom. The van der Waals surface area contributed by atoms with Gasteiger partial charge in [-0.25, -0.2) is 4.79 Å². The van der Waals surface area contributed by atoms with Crippen LogP contribution in [0.3, 0.4) is 0 Å². The van der Waals surface area contributed by atoms with E-state index in [-0.39, 0.29) is 5.76 Å². The molecule has 0 saturated heterocycles. The minimum Gasteiger partial charge on any atom is -0.489 e. The Balaban J connectivity index is 1.96. The summed E-state index contributed by atoms with van der Waals surface area (Å²) in [7, 11) is 1.30. The van der Waals surface area contributed by atoms with E-state index >= 15 is 0 Å². The third-order valence-corrected chi connectivity index (χ3v) is 2.33. The molecule has 5 nitrogen and oxygen atoms in total. The first-order valence-corrected chi connectivity index (χ1v) is 5.33. The van der Waals surface area contributed by atoms with E-state index in [1.165, 1.54) is 13.4 Å². The first-order valence-electron chi connectivity index (χ1n) is 5.33. The van der Waals surface area contributed by atoms with E-state index in [1.807, 2.05) is 0 Å². The fourth-order valence-corrected chi connectivity index (χ4v) is 1.39. The zero-order valence-corrected chi connectivity index (χ0v) is 9.88. The van der Waals surface area contributed by atoms with E-state index in [1.54, 1.807) is 30.3 Å². The number of carbonyl (C=O) groups excluding carboxylic acids is 1. The molecule has 2 N–H and O–H groups in total. The first kappa shape index (κ1) is 12.0. The fourth-order valence-electron chi connectivity index (χ4n) is 1.39. The highest BCUT2D eigenvalue weighted by Crippen LogP contribution is 2.16. The summed E-state index contributed by atoms with van der Waals surface area (Å²) >= 11 is 0. The lowest BCUT2D eigenvalue weighted by Crippen LogP contribution is -1.99. The quantitative estimate of drug-likeness (QED) is 0.662. The summed E-state index contributed by atoms with van der Waals surface area (Å²) in [5, 5.41) is 0. The summed E-state index contributed by atoms with van der Waals surface area (Å²) in [5.74, 6) is 0.354. The topological polar surface area (TPSA) is 74.7 Å². The van der Waals surface area contributed by atoms with Crippen LogP contribution in [0.25, 0.3) is 0 Å². The molecule has 5 heteroatoms. The van der Waals surface area contributed by atoms with Gasteiger partial charge in [0.2, 0.25) is 5.76 Å². The number of furan rings is 1. The van der Waals surface area contributed by atoms with Crippen LogP contribution in [0.15, 0.2) is 41.0 Å². The van der Waals surface area contributed by atoms with Gasteiger partial charge in [-0.1, -0.05) is 0 Å². The highest BCUT2D eigenvalue weighted by molar-refractivity contribution is 5.86. The van der Waals surface area contributed by atoms with Crippen LogP contribution in [-0.4, -0.2) is 13.1 Å². The van der Waals surface area contributed by atoms with Crippen molar-refractivity contribution >= 4 is 11.7 Å². The number of esters is 1. The van der Waals surface area contributed by atoms with Gasteiger partial charge in [0.05, 0.1) is 13.4 Å². The van der Waals surface area contributed by atoms with Gasteiger partial charge in [0.15, 0.2) is 0 Å². The molecule has 0 radical (unpaired) electrons. The Kier molecular flexibility index (Phi) is 3.52. The average molecular weight is 247 g/mol. The molecular formula is C13H13NO4. The van der Waals surface area contributed by atoms with Crippen LogP contribution in [0.5, 0.6) is 5.75 Å². The van der Waals surface area contributed by atoms with Gasteiger partial charge in [0.25, 0.3) is 0 Å². The second-order valence-electron chi connectivity index (χ2n) is 3.67. The maximum atomic E-state index is 11.2. The second kappa shape index (κ2) is 5.27. The number of carbonyl (C=O) groups is 1. The predicted molar refractivity (Wildman–Crippen MR) is 65.2 cm³/mol. The lowest BCUT2D eigenvalue weighted by molar-refractivity contribution is 0.0565. The molecule has 0 unspecified atom stereocenters. The lowest BCUT2D eigenvalue weighted by Gasteiger charge is -2.03. The van der Waals surface area contributed by atoms with Crippen molar-refractivity contribution in [3.63, 3.8) is 0 Å². The molecule has 0 aliphatic carbocycles. The van der Waals surface area contributed by atoms with Crippen molar-refractivity contribution in [3.8, 4) is 5.75 Å². The fraction of sp³-hybridized carbons (Fsp3) is 0.154. The summed E-state index contributed by atoms with van der Waals surface area (Å²) in [6, 6.07) is 8.64. The summed E-state index contributed by atoms with van der Waals surface area (Å²) in [5.41, 5.74) is 7.00. The largest absolute Gasteiger partial charge is 0.489 e. The molecule has 0 fully saturated rings. The van der Waals surface area contributed by atoms with Crippen molar-refractivity contribution in [2.45, 2.75) is 6.61 Å². The van der Waals surface area contributed by atoms with Gasteiger partial charge < -0.3 is 19.6 Å². The van der Waals surface area contributed by atoms with Gasteiger partial charge >= 0.3 is 5.97 Å². The van der Waals surface area contributed by atoms with E-state index in [2.05, 4.69) is 4.74 Å². The molecule has 2 rings (SSSR count). The van der Waals surface area contributed by atoms with E-state index in [9.17, 15) is 4.79 Å². The van der Waals surface area contributed by atoms with Crippen LogP contribution in [-0.2, 0) is 11.3 Å². The molecule has 0 amide bonds. The number of ether oxygens (including phenoxy) is 2. The van der Waals surface area contributed by atoms with Gasteiger partial charge in [-0.2, -0.15) is 0 Å².